The van der Waals surface area contributed by atoms with Crippen LogP contribution in [0.4, 0.5) is 0 Å². The molecule has 4 rings (SSSR count). The highest BCUT2D eigenvalue weighted by Crippen LogP contribution is 2.32. The van der Waals surface area contributed by atoms with Crippen molar-refractivity contribution in [3.8, 4) is 10.7 Å². The molecule has 5 heteroatoms. The number of hydrogen-bond donors (Lipinski definition) is 0. The van der Waals surface area contributed by atoms with E-state index in [1.54, 1.807) is 11.3 Å². The first kappa shape index (κ1) is 17.3. The molecule has 3 aromatic rings. The highest BCUT2D eigenvalue weighted by Gasteiger charge is 2.23. The minimum absolute atomic E-state index is 0.173. The number of piperidine rings is 1. The molecule has 1 aromatic carbocycles. The third-order valence-electron chi connectivity index (χ3n) is 5.21. The lowest BCUT2D eigenvalue weighted by molar-refractivity contribution is 0.0702. The predicted octanol–water partition coefficient (Wildman–Crippen LogP) is 5.05. The largest absolute Gasteiger partial charge is 0.338 e. The Morgan fingerprint density at radius 1 is 1.19 bits per heavy atom. The van der Waals surface area contributed by atoms with Crippen molar-refractivity contribution in [2.24, 2.45) is 5.92 Å². The maximum atomic E-state index is 12.8. The zero-order valence-electron chi connectivity index (χ0n) is 15.4. The van der Waals surface area contributed by atoms with Gasteiger partial charge in [0.15, 0.2) is 5.82 Å². The molecule has 4 nitrogen and oxygen atoms in total. The number of carbonyl (C=O) groups is 1. The van der Waals surface area contributed by atoms with Gasteiger partial charge in [-0.25, -0.2) is 4.98 Å². The SMILES string of the molecule is CCCn1c(-c2ccc(C(=O)N3CCC(C)CC3)s2)nc2ccccc21. The molecule has 1 saturated heterocycles. The number of aromatic nitrogens is 2. The predicted molar refractivity (Wildman–Crippen MR) is 108 cm³/mol. The van der Waals surface area contributed by atoms with Gasteiger partial charge in [0.2, 0.25) is 0 Å². The number of likely N-dealkylation sites (tertiary alicyclic amines) is 1. The second-order valence-corrected chi connectivity index (χ2v) is 8.30. The van der Waals surface area contributed by atoms with Gasteiger partial charge >= 0.3 is 0 Å². The van der Waals surface area contributed by atoms with Gasteiger partial charge in [-0.15, -0.1) is 11.3 Å². The van der Waals surface area contributed by atoms with Crippen LogP contribution in [0, 0.1) is 5.92 Å². The quantitative estimate of drug-likeness (QED) is 0.647. The van der Waals surface area contributed by atoms with Gasteiger partial charge in [-0.2, -0.15) is 0 Å². The van der Waals surface area contributed by atoms with Crippen LogP contribution >= 0.6 is 11.3 Å². The van der Waals surface area contributed by atoms with Gasteiger partial charge in [-0.1, -0.05) is 26.0 Å². The lowest BCUT2D eigenvalue weighted by atomic mass is 9.99. The van der Waals surface area contributed by atoms with E-state index in [4.69, 9.17) is 4.98 Å². The van der Waals surface area contributed by atoms with E-state index in [9.17, 15) is 4.79 Å². The number of benzene rings is 1. The normalized spacial score (nSPS) is 15.7. The van der Waals surface area contributed by atoms with Gasteiger partial charge in [-0.05, 0) is 49.4 Å². The monoisotopic (exact) mass is 367 g/mol. The molecular formula is C21H25N3OS. The maximum absolute atomic E-state index is 12.8. The Kier molecular flexibility index (Phi) is 4.81. The van der Waals surface area contributed by atoms with Gasteiger partial charge in [-0.3, -0.25) is 4.79 Å². The van der Waals surface area contributed by atoms with E-state index in [0.29, 0.717) is 0 Å². The van der Waals surface area contributed by atoms with E-state index in [-0.39, 0.29) is 5.91 Å². The van der Waals surface area contributed by atoms with Crippen molar-refractivity contribution in [1.29, 1.82) is 0 Å². The molecule has 1 fully saturated rings. The molecule has 0 unspecified atom stereocenters. The third-order valence-corrected chi connectivity index (χ3v) is 6.28. The summed E-state index contributed by atoms with van der Waals surface area (Å²) in [5.74, 6) is 1.88. The summed E-state index contributed by atoms with van der Waals surface area (Å²) in [5.41, 5.74) is 2.18. The van der Waals surface area contributed by atoms with Crippen molar-refractivity contribution < 1.29 is 4.79 Å². The second-order valence-electron chi connectivity index (χ2n) is 7.21. The van der Waals surface area contributed by atoms with E-state index in [2.05, 4.69) is 42.7 Å². The van der Waals surface area contributed by atoms with Gasteiger partial charge < -0.3 is 9.47 Å². The number of thiophene rings is 1. The van der Waals surface area contributed by atoms with E-state index >= 15 is 0 Å². The zero-order chi connectivity index (χ0) is 18.1. The van der Waals surface area contributed by atoms with Crippen LogP contribution in [0.15, 0.2) is 36.4 Å². The van der Waals surface area contributed by atoms with Crippen molar-refractivity contribution in [3.63, 3.8) is 0 Å². The summed E-state index contributed by atoms with van der Waals surface area (Å²) in [4.78, 5) is 21.6. The fourth-order valence-electron chi connectivity index (χ4n) is 3.65. The highest BCUT2D eigenvalue weighted by atomic mass is 32.1. The van der Waals surface area contributed by atoms with E-state index in [1.807, 2.05) is 17.0 Å². The number of hydrogen-bond acceptors (Lipinski definition) is 3. The van der Waals surface area contributed by atoms with Crippen LogP contribution in [0.3, 0.4) is 0 Å². The molecule has 26 heavy (non-hydrogen) atoms. The fourth-order valence-corrected chi connectivity index (χ4v) is 4.63. The number of fused-ring (bicyclic) bond motifs is 1. The summed E-state index contributed by atoms with van der Waals surface area (Å²) in [6.07, 6.45) is 3.27. The molecule has 136 valence electrons. The number of nitrogens with zero attached hydrogens (tertiary/aromatic N) is 3. The molecule has 1 aliphatic heterocycles. The summed E-state index contributed by atoms with van der Waals surface area (Å²) in [7, 11) is 0. The van der Waals surface area contributed by atoms with Crippen LogP contribution in [0.25, 0.3) is 21.7 Å². The van der Waals surface area contributed by atoms with Gasteiger partial charge in [0.1, 0.15) is 0 Å². The average Bonchev–Trinajstić information content (AvgIpc) is 3.27. The Hall–Kier alpha value is -2.14. The summed E-state index contributed by atoms with van der Waals surface area (Å²) in [6.45, 7) is 7.13. The Balaban J connectivity index is 1.65. The number of aryl methyl sites for hydroxylation is 1. The molecule has 1 amide bonds. The van der Waals surface area contributed by atoms with Gasteiger partial charge in [0.25, 0.3) is 5.91 Å². The Labute approximate surface area is 158 Å². The van der Waals surface area contributed by atoms with Crippen LogP contribution in [-0.4, -0.2) is 33.4 Å². The van der Waals surface area contributed by atoms with Crippen LogP contribution < -0.4 is 0 Å². The molecule has 1 aliphatic rings. The smallest absolute Gasteiger partial charge is 0.263 e. The number of rotatable bonds is 4. The van der Waals surface area contributed by atoms with Crippen LogP contribution in [0.5, 0.6) is 0 Å². The minimum Gasteiger partial charge on any atom is -0.338 e. The number of amides is 1. The molecule has 3 heterocycles. The summed E-state index contributed by atoms with van der Waals surface area (Å²) >= 11 is 1.57. The second kappa shape index (κ2) is 7.23. The van der Waals surface area contributed by atoms with Crippen molar-refractivity contribution >= 4 is 28.3 Å². The van der Waals surface area contributed by atoms with Crippen molar-refractivity contribution in [2.45, 2.75) is 39.7 Å². The lowest BCUT2D eigenvalue weighted by Crippen LogP contribution is -2.37. The van der Waals surface area contributed by atoms with Crippen molar-refractivity contribution in [3.05, 3.63) is 41.3 Å². The van der Waals surface area contributed by atoms with Crippen molar-refractivity contribution in [1.82, 2.24) is 14.5 Å². The fraction of sp³-hybridized carbons (Fsp3) is 0.429. The maximum Gasteiger partial charge on any atom is 0.263 e. The molecule has 0 aliphatic carbocycles. The molecule has 0 N–H and O–H groups in total. The highest BCUT2D eigenvalue weighted by molar-refractivity contribution is 7.17. The Bertz CT molecular complexity index is 918. The van der Waals surface area contributed by atoms with Crippen LogP contribution in [0.2, 0.25) is 0 Å². The number of imidazole rings is 1. The van der Waals surface area contributed by atoms with E-state index < -0.39 is 0 Å². The molecule has 2 aromatic heterocycles. The standard InChI is InChI=1S/C21H25N3OS/c1-3-12-24-17-7-5-4-6-16(17)22-20(24)18-8-9-19(26-18)21(25)23-13-10-15(2)11-14-23/h4-9,15H,3,10-14H2,1-2H3. The van der Waals surface area contributed by atoms with Crippen LogP contribution in [0.1, 0.15) is 42.8 Å². The minimum atomic E-state index is 0.173. The first-order valence-corrected chi connectivity index (χ1v) is 10.3. The molecular weight excluding hydrogens is 342 g/mol. The third kappa shape index (κ3) is 3.16. The summed E-state index contributed by atoms with van der Waals surface area (Å²) in [5, 5.41) is 0. The lowest BCUT2D eigenvalue weighted by Gasteiger charge is -2.29. The molecule has 0 spiro atoms. The molecule has 0 saturated carbocycles. The zero-order valence-corrected chi connectivity index (χ0v) is 16.3. The first-order valence-electron chi connectivity index (χ1n) is 9.52. The number of carbonyl (C=O) groups excluding carboxylic acids is 1. The average molecular weight is 368 g/mol. The van der Waals surface area contributed by atoms with E-state index in [1.165, 1.54) is 0 Å². The first-order chi connectivity index (χ1) is 12.7. The summed E-state index contributed by atoms with van der Waals surface area (Å²) < 4.78 is 2.28. The van der Waals surface area contributed by atoms with Gasteiger partial charge in [0.05, 0.1) is 20.8 Å². The summed E-state index contributed by atoms with van der Waals surface area (Å²) in [6, 6.07) is 12.3. The molecule has 0 atom stereocenters. The topological polar surface area (TPSA) is 38.1 Å². The molecule has 0 radical (unpaired) electrons. The van der Waals surface area contributed by atoms with E-state index in [0.717, 1.165) is 71.4 Å². The van der Waals surface area contributed by atoms with Gasteiger partial charge in [0, 0.05) is 19.6 Å². The molecule has 0 bridgehead atoms. The Morgan fingerprint density at radius 3 is 2.73 bits per heavy atom. The number of para-hydroxylation sites is 2. The van der Waals surface area contributed by atoms with Crippen LogP contribution in [-0.2, 0) is 6.54 Å². The van der Waals surface area contributed by atoms with Crippen molar-refractivity contribution in [2.75, 3.05) is 13.1 Å². The Morgan fingerprint density at radius 2 is 1.96 bits per heavy atom.